The Hall–Kier alpha value is 0.230. The predicted octanol–water partition coefficient (Wildman–Crippen LogP) is 0.761. The summed E-state index contributed by atoms with van der Waals surface area (Å²) >= 11 is 15.4. The highest BCUT2D eigenvalue weighted by atomic mass is 35.6. The summed E-state index contributed by atoms with van der Waals surface area (Å²) in [7, 11) is 0. The van der Waals surface area contributed by atoms with Crippen LogP contribution in [0, 0.1) is 0 Å². The maximum Gasteiger partial charge on any atom is 0.253 e. The molecule has 0 aromatic carbocycles. The number of alkyl halides is 4. The molecule has 0 spiro atoms. The summed E-state index contributed by atoms with van der Waals surface area (Å²) in [5.74, 6) is -1.04. The molecule has 7 heteroatoms. The first kappa shape index (κ1) is 11.2. The Morgan fingerprint density at radius 1 is 1.64 bits per heavy atom. The van der Waals surface area contributed by atoms with Crippen LogP contribution in [0.4, 0.5) is 4.39 Å². The summed E-state index contributed by atoms with van der Waals surface area (Å²) in [6.07, 6.45) is -1.70. The zero-order valence-corrected chi connectivity index (χ0v) is 7.42. The van der Waals surface area contributed by atoms with Crippen molar-refractivity contribution in [2.24, 2.45) is 0 Å². The fraction of sp³-hybridized carbons (Fsp3) is 0.750. The van der Waals surface area contributed by atoms with Gasteiger partial charge in [-0.05, 0) is 0 Å². The number of rotatable bonds is 2. The highest BCUT2D eigenvalue weighted by molar-refractivity contribution is 6.68. The van der Waals surface area contributed by atoms with E-state index in [1.807, 2.05) is 0 Å². The van der Waals surface area contributed by atoms with Gasteiger partial charge in [-0.1, -0.05) is 34.8 Å². The van der Waals surface area contributed by atoms with Crippen LogP contribution in [0.5, 0.6) is 0 Å². The molecule has 0 radical (unpaired) electrons. The minimum absolute atomic E-state index is 1.04. The Morgan fingerprint density at radius 2 is 2.09 bits per heavy atom. The lowest BCUT2D eigenvalue weighted by Gasteiger charge is -2.18. The topological polar surface area (TPSA) is 49.3 Å². The van der Waals surface area contributed by atoms with E-state index in [4.69, 9.17) is 39.9 Å². The number of carbonyl (C=O) groups excluding carboxylic acids is 1. The van der Waals surface area contributed by atoms with Crippen molar-refractivity contribution in [1.29, 1.82) is 0 Å². The Kier molecular flexibility index (Phi) is 4.39. The van der Waals surface area contributed by atoms with Crippen LogP contribution in [0.25, 0.3) is 0 Å². The second kappa shape index (κ2) is 4.30. The SMILES string of the molecule is O=C(CF)N[C@@H](O)C(Cl)(Cl)Cl. The number of hydrogen-bond donors (Lipinski definition) is 2. The molecule has 0 bridgehead atoms. The Balaban J connectivity index is 3.87. The van der Waals surface area contributed by atoms with Crippen LogP contribution in [0.15, 0.2) is 0 Å². The van der Waals surface area contributed by atoms with E-state index < -0.39 is 22.6 Å². The molecule has 3 nitrogen and oxygen atoms in total. The van der Waals surface area contributed by atoms with E-state index >= 15 is 0 Å². The van der Waals surface area contributed by atoms with E-state index in [9.17, 15) is 9.18 Å². The van der Waals surface area contributed by atoms with Gasteiger partial charge in [0.05, 0.1) is 0 Å². The number of hydrogen-bond acceptors (Lipinski definition) is 2. The van der Waals surface area contributed by atoms with E-state index in [-0.39, 0.29) is 0 Å². The Labute approximate surface area is 77.4 Å². The van der Waals surface area contributed by atoms with Gasteiger partial charge in [0.25, 0.3) is 5.91 Å². The fourth-order valence-electron chi connectivity index (χ4n) is 0.273. The first-order valence-electron chi connectivity index (χ1n) is 2.48. The quantitative estimate of drug-likeness (QED) is 0.537. The van der Waals surface area contributed by atoms with Crippen LogP contribution >= 0.6 is 34.8 Å². The largest absolute Gasteiger partial charge is 0.369 e. The second-order valence-corrected chi connectivity index (χ2v) is 4.01. The summed E-state index contributed by atoms with van der Waals surface area (Å²) in [6, 6.07) is 0. The molecular weight excluding hydrogens is 219 g/mol. The Morgan fingerprint density at radius 3 is 2.36 bits per heavy atom. The summed E-state index contributed by atoms with van der Waals surface area (Å²) in [4.78, 5) is 10.2. The predicted molar refractivity (Wildman–Crippen MR) is 40.4 cm³/mol. The van der Waals surface area contributed by atoms with Crippen molar-refractivity contribution in [2.75, 3.05) is 6.67 Å². The number of carbonyl (C=O) groups is 1. The molecule has 0 heterocycles. The number of aliphatic hydroxyl groups is 1. The highest BCUT2D eigenvalue weighted by Gasteiger charge is 2.31. The molecule has 0 fully saturated rings. The average Bonchev–Trinajstić information content (AvgIpc) is 1.85. The van der Waals surface area contributed by atoms with E-state index in [1.54, 1.807) is 5.32 Å². The molecule has 0 saturated heterocycles. The van der Waals surface area contributed by atoms with Gasteiger partial charge in [0.15, 0.2) is 12.9 Å². The van der Waals surface area contributed by atoms with Crippen molar-refractivity contribution in [3.8, 4) is 0 Å². The van der Waals surface area contributed by atoms with Crippen LogP contribution in [0.3, 0.4) is 0 Å². The van der Waals surface area contributed by atoms with Crippen LogP contribution < -0.4 is 5.32 Å². The van der Waals surface area contributed by atoms with E-state index in [0.29, 0.717) is 0 Å². The molecule has 11 heavy (non-hydrogen) atoms. The van der Waals surface area contributed by atoms with Crippen LogP contribution in [0.1, 0.15) is 0 Å². The molecule has 0 unspecified atom stereocenters. The molecule has 0 aliphatic rings. The van der Waals surface area contributed by atoms with Crippen LogP contribution in [0.2, 0.25) is 0 Å². The van der Waals surface area contributed by atoms with E-state index in [2.05, 4.69) is 0 Å². The van der Waals surface area contributed by atoms with E-state index in [1.165, 1.54) is 0 Å². The van der Waals surface area contributed by atoms with Crippen molar-refractivity contribution in [1.82, 2.24) is 5.32 Å². The minimum Gasteiger partial charge on any atom is -0.369 e. The zero-order chi connectivity index (χ0) is 9.07. The number of halogens is 4. The summed E-state index contributed by atoms with van der Waals surface area (Å²) in [6.45, 7) is -1.27. The second-order valence-electron chi connectivity index (χ2n) is 1.65. The van der Waals surface area contributed by atoms with Crippen molar-refractivity contribution in [3.63, 3.8) is 0 Å². The van der Waals surface area contributed by atoms with Gasteiger partial charge in [0.2, 0.25) is 3.79 Å². The fourth-order valence-corrected chi connectivity index (χ4v) is 0.437. The number of amides is 1. The lowest BCUT2D eigenvalue weighted by molar-refractivity contribution is -0.124. The summed E-state index contributed by atoms with van der Waals surface area (Å²) < 4.78 is 9.45. The smallest absolute Gasteiger partial charge is 0.253 e. The van der Waals surface area contributed by atoms with Gasteiger partial charge in [-0.3, -0.25) is 4.79 Å². The summed E-state index contributed by atoms with van der Waals surface area (Å²) in [5, 5.41) is 10.5. The van der Waals surface area contributed by atoms with Crippen molar-refractivity contribution >= 4 is 40.7 Å². The molecule has 2 N–H and O–H groups in total. The van der Waals surface area contributed by atoms with Crippen molar-refractivity contribution in [3.05, 3.63) is 0 Å². The molecule has 1 atom stereocenters. The van der Waals surface area contributed by atoms with Gasteiger partial charge in [-0.15, -0.1) is 0 Å². The molecule has 0 aliphatic carbocycles. The first-order chi connectivity index (χ1) is 4.88. The number of nitrogens with one attached hydrogen (secondary N) is 1. The van der Waals surface area contributed by atoms with Gasteiger partial charge in [-0.2, -0.15) is 0 Å². The highest BCUT2D eigenvalue weighted by Crippen LogP contribution is 2.28. The third-order valence-electron chi connectivity index (χ3n) is 0.729. The molecule has 0 saturated carbocycles. The van der Waals surface area contributed by atoms with Crippen LogP contribution in [-0.4, -0.2) is 27.7 Å². The molecule has 0 rings (SSSR count). The maximum atomic E-state index is 11.5. The van der Waals surface area contributed by atoms with Crippen molar-refractivity contribution < 1.29 is 14.3 Å². The van der Waals surface area contributed by atoms with Gasteiger partial charge in [0, 0.05) is 0 Å². The lowest BCUT2D eigenvalue weighted by atomic mass is 10.5. The zero-order valence-electron chi connectivity index (χ0n) is 5.15. The first-order valence-corrected chi connectivity index (χ1v) is 3.61. The van der Waals surface area contributed by atoms with Gasteiger partial charge in [-0.25, -0.2) is 4.39 Å². The Bertz CT molecular complexity index is 149. The molecular formula is C4H5Cl3FNO2. The normalized spacial score (nSPS) is 14.3. The third kappa shape index (κ3) is 4.63. The van der Waals surface area contributed by atoms with Gasteiger partial charge >= 0.3 is 0 Å². The minimum atomic E-state index is -2.04. The van der Waals surface area contributed by atoms with Gasteiger partial charge < -0.3 is 10.4 Å². The third-order valence-corrected chi connectivity index (χ3v) is 1.35. The van der Waals surface area contributed by atoms with Crippen LogP contribution in [-0.2, 0) is 4.79 Å². The standard InChI is InChI=1S/C4H5Cl3FNO2/c5-4(6,7)3(11)9-2(10)1-8/h3,11H,1H2,(H,9,10)/t3-/m0/s1. The van der Waals surface area contributed by atoms with Gasteiger partial charge in [0.1, 0.15) is 0 Å². The average molecular weight is 224 g/mol. The monoisotopic (exact) mass is 223 g/mol. The number of aliphatic hydroxyl groups excluding tert-OH is 1. The molecule has 0 aromatic heterocycles. The summed E-state index contributed by atoms with van der Waals surface area (Å²) in [5.41, 5.74) is 0. The maximum absolute atomic E-state index is 11.5. The lowest BCUT2D eigenvalue weighted by Crippen LogP contribution is -2.44. The van der Waals surface area contributed by atoms with Crippen molar-refractivity contribution in [2.45, 2.75) is 10.0 Å². The molecule has 0 aromatic rings. The van der Waals surface area contributed by atoms with E-state index in [0.717, 1.165) is 0 Å². The molecule has 0 aliphatic heterocycles. The molecule has 1 amide bonds. The molecule has 66 valence electrons.